The van der Waals surface area contributed by atoms with Crippen LogP contribution in [0.25, 0.3) is 0 Å². The Morgan fingerprint density at radius 1 is 1.04 bits per heavy atom. The third-order valence-electron chi connectivity index (χ3n) is 4.44. The smallest absolute Gasteiger partial charge is 0.414 e. The number of phenols is 1. The standard InChI is InChI=1S/C20H23NO3/c22-19-13-7-8-16(14-19)15-24-20(23)21(17-9-3-1-4-10-17)18-11-5-2-6-12-18/h1,3-4,7-10,13-14,18,22H,2,5-6,11-12,15H2. The van der Waals surface area contributed by atoms with Gasteiger partial charge in [0, 0.05) is 11.7 Å². The summed E-state index contributed by atoms with van der Waals surface area (Å²) < 4.78 is 5.53. The van der Waals surface area contributed by atoms with Gasteiger partial charge in [-0.05, 0) is 42.7 Å². The number of anilines is 1. The molecule has 24 heavy (non-hydrogen) atoms. The minimum Gasteiger partial charge on any atom is -0.508 e. The molecule has 0 heterocycles. The fraction of sp³-hybridized carbons (Fsp3) is 0.350. The highest BCUT2D eigenvalue weighted by Gasteiger charge is 2.28. The van der Waals surface area contributed by atoms with Crippen molar-refractivity contribution >= 4 is 11.8 Å². The van der Waals surface area contributed by atoms with Crippen molar-refractivity contribution in [3.8, 4) is 5.75 Å². The van der Waals surface area contributed by atoms with Crippen LogP contribution in [-0.2, 0) is 11.3 Å². The van der Waals surface area contributed by atoms with Crippen LogP contribution < -0.4 is 4.90 Å². The number of amides is 1. The van der Waals surface area contributed by atoms with Gasteiger partial charge in [-0.1, -0.05) is 49.6 Å². The molecule has 2 aromatic rings. The molecule has 0 saturated heterocycles. The Balaban J connectivity index is 1.73. The SMILES string of the molecule is O=C(OCc1cccc(O)c1)N(c1ccccc1)C1CCCCC1. The van der Waals surface area contributed by atoms with Gasteiger partial charge in [-0.2, -0.15) is 0 Å². The molecule has 126 valence electrons. The maximum Gasteiger partial charge on any atom is 0.414 e. The van der Waals surface area contributed by atoms with Crippen LogP contribution in [0.3, 0.4) is 0 Å². The van der Waals surface area contributed by atoms with Crippen molar-refractivity contribution in [3.05, 3.63) is 60.2 Å². The van der Waals surface area contributed by atoms with E-state index in [4.69, 9.17) is 4.74 Å². The molecule has 1 fully saturated rings. The number of nitrogens with zero attached hydrogens (tertiary/aromatic N) is 1. The minimum atomic E-state index is -0.323. The van der Waals surface area contributed by atoms with Crippen molar-refractivity contribution in [2.24, 2.45) is 0 Å². The van der Waals surface area contributed by atoms with E-state index in [1.54, 1.807) is 23.1 Å². The second-order valence-electron chi connectivity index (χ2n) is 6.22. The predicted octanol–water partition coefficient (Wildman–Crippen LogP) is 4.87. The van der Waals surface area contributed by atoms with Gasteiger partial charge >= 0.3 is 6.09 Å². The molecule has 0 atom stereocenters. The average Bonchev–Trinajstić information content (AvgIpc) is 2.62. The second-order valence-corrected chi connectivity index (χ2v) is 6.22. The highest BCUT2D eigenvalue weighted by atomic mass is 16.6. The lowest BCUT2D eigenvalue weighted by Gasteiger charge is -2.33. The maximum absolute atomic E-state index is 12.7. The van der Waals surface area contributed by atoms with Gasteiger partial charge in [0.25, 0.3) is 0 Å². The lowest BCUT2D eigenvalue weighted by atomic mass is 9.94. The van der Waals surface area contributed by atoms with Crippen LogP contribution in [0.4, 0.5) is 10.5 Å². The summed E-state index contributed by atoms with van der Waals surface area (Å²) in [6.07, 6.45) is 5.22. The second kappa shape index (κ2) is 7.86. The topological polar surface area (TPSA) is 49.8 Å². The first-order valence-electron chi connectivity index (χ1n) is 8.53. The predicted molar refractivity (Wildman–Crippen MR) is 94.1 cm³/mol. The van der Waals surface area contributed by atoms with Crippen LogP contribution in [0, 0.1) is 0 Å². The Kier molecular flexibility index (Phi) is 5.36. The van der Waals surface area contributed by atoms with Gasteiger partial charge in [-0.25, -0.2) is 4.79 Å². The van der Waals surface area contributed by atoms with Crippen LogP contribution in [0.15, 0.2) is 54.6 Å². The molecule has 2 aromatic carbocycles. The summed E-state index contributed by atoms with van der Waals surface area (Å²) in [5.41, 5.74) is 1.66. The Morgan fingerprint density at radius 2 is 1.79 bits per heavy atom. The molecule has 3 rings (SSSR count). The largest absolute Gasteiger partial charge is 0.508 e. The first-order chi connectivity index (χ1) is 11.7. The summed E-state index contributed by atoms with van der Waals surface area (Å²) in [5, 5.41) is 9.52. The van der Waals surface area contributed by atoms with E-state index in [9.17, 15) is 9.90 Å². The molecule has 0 aromatic heterocycles. The van der Waals surface area contributed by atoms with Gasteiger partial charge in [-0.3, -0.25) is 4.90 Å². The number of ether oxygens (including phenoxy) is 1. The third-order valence-corrected chi connectivity index (χ3v) is 4.44. The van der Waals surface area contributed by atoms with Crippen molar-refractivity contribution < 1.29 is 14.6 Å². The molecule has 1 aliphatic carbocycles. The first kappa shape index (κ1) is 16.4. The molecular weight excluding hydrogens is 302 g/mol. The molecular formula is C20H23NO3. The monoisotopic (exact) mass is 325 g/mol. The van der Waals surface area contributed by atoms with Crippen LogP contribution in [0.2, 0.25) is 0 Å². The summed E-state index contributed by atoms with van der Waals surface area (Å²) >= 11 is 0. The Bertz CT molecular complexity index is 666. The molecule has 0 radical (unpaired) electrons. The number of benzene rings is 2. The molecule has 0 spiro atoms. The van der Waals surface area contributed by atoms with Gasteiger partial charge in [0.1, 0.15) is 12.4 Å². The molecule has 4 heteroatoms. The molecule has 0 aliphatic heterocycles. The van der Waals surface area contributed by atoms with Crippen LogP contribution >= 0.6 is 0 Å². The number of rotatable bonds is 4. The number of carbonyl (C=O) groups excluding carboxylic acids is 1. The van der Waals surface area contributed by atoms with Crippen LogP contribution in [0.5, 0.6) is 5.75 Å². The lowest BCUT2D eigenvalue weighted by molar-refractivity contribution is 0.142. The molecule has 1 aliphatic rings. The summed E-state index contributed by atoms with van der Waals surface area (Å²) in [7, 11) is 0. The van der Waals surface area contributed by atoms with Gasteiger partial charge in [-0.15, -0.1) is 0 Å². The van der Waals surface area contributed by atoms with E-state index in [0.717, 1.165) is 36.9 Å². The zero-order chi connectivity index (χ0) is 16.8. The Hall–Kier alpha value is -2.49. The highest BCUT2D eigenvalue weighted by molar-refractivity contribution is 5.88. The number of phenolic OH excluding ortho intramolecular Hbond substituents is 1. The van der Waals surface area contributed by atoms with Crippen molar-refractivity contribution in [2.75, 3.05) is 4.90 Å². The van der Waals surface area contributed by atoms with Gasteiger partial charge in [0.2, 0.25) is 0 Å². The Morgan fingerprint density at radius 3 is 2.50 bits per heavy atom. The molecule has 0 unspecified atom stereocenters. The first-order valence-corrected chi connectivity index (χ1v) is 8.53. The highest BCUT2D eigenvalue weighted by Crippen LogP contribution is 2.28. The number of aromatic hydroxyl groups is 1. The van der Waals surface area contributed by atoms with Crippen molar-refractivity contribution in [1.29, 1.82) is 0 Å². The van der Waals surface area contributed by atoms with Crippen LogP contribution in [-0.4, -0.2) is 17.2 Å². The zero-order valence-electron chi connectivity index (χ0n) is 13.7. The van der Waals surface area contributed by atoms with E-state index in [2.05, 4.69) is 0 Å². The van der Waals surface area contributed by atoms with Gasteiger partial charge < -0.3 is 9.84 Å². The summed E-state index contributed by atoms with van der Waals surface area (Å²) in [5.74, 6) is 0.177. The molecule has 0 bridgehead atoms. The lowest BCUT2D eigenvalue weighted by Crippen LogP contribution is -2.42. The Labute approximate surface area is 142 Å². The van der Waals surface area contributed by atoms with Crippen molar-refractivity contribution in [3.63, 3.8) is 0 Å². The third kappa shape index (κ3) is 4.07. The summed E-state index contributed by atoms with van der Waals surface area (Å²) in [6.45, 7) is 0.156. The normalized spacial score (nSPS) is 15.0. The summed E-state index contributed by atoms with van der Waals surface area (Å²) in [6, 6.07) is 16.7. The molecule has 4 nitrogen and oxygen atoms in total. The van der Waals surface area contributed by atoms with E-state index >= 15 is 0 Å². The van der Waals surface area contributed by atoms with Crippen LogP contribution in [0.1, 0.15) is 37.7 Å². The summed E-state index contributed by atoms with van der Waals surface area (Å²) in [4.78, 5) is 14.5. The number of hydrogen-bond donors (Lipinski definition) is 1. The molecule has 1 N–H and O–H groups in total. The van der Waals surface area contributed by atoms with E-state index in [1.165, 1.54) is 6.42 Å². The quantitative estimate of drug-likeness (QED) is 0.872. The average molecular weight is 325 g/mol. The number of carbonyl (C=O) groups is 1. The fourth-order valence-electron chi connectivity index (χ4n) is 3.25. The fourth-order valence-corrected chi connectivity index (χ4v) is 3.25. The van der Waals surface area contributed by atoms with E-state index < -0.39 is 0 Å². The van der Waals surface area contributed by atoms with Gasteiger partial charge in [0.15, 0.2) is 0 Å². The van der Waals surface area contributed by atoms with E-state index in [0.29, 0.717) is 0 Å². The minimum absolute atomic E-state index is 0.156. The molecule has 1 saturated carbocycles. The van der Waals surface area contributed by atoms with E-state index in [1.807, 2.05) is 36.4 Å². The van der Waals surface area contributed by atoms with E-state index in [-0.39, 0.29) is 24.5 Å². The van der Waals surface area contributed by atoms with Crippen molar-refractivity contribution in [2.45, 2.75) is 44.8 Å². The maximum atomic E-state index is 12.7. The number of para-hydroxylation sites is 1. The zero-order valence-corrected chi connectivity index (χ0v) is 13.7. The number of hydrogen-bond acceptors (Lipinski definition) is 3. The van der Waals surface area contributed by atoms with Crippen molar-refractivity contribution in [1.82, 2.24) is 0 Å². The van der Waals surface area contributed by atoms with Gasteiger partial charge in [0.05, 0.1) is 0 Å². The molecule has 1 amide bonds.